The molecule has 3 rings (SSSR count). The van der Waals surface area contributed by atoms with Crippen LogP contribution in [0.2, 0.25) is 0 Å². The molecule has 1 amide bonds. The van der Waals surface area contributed by atoms with E-state index < -0.39 is 0 Å². The summed E-state index contributed by atoms with van der Waals surface area (Å²) >= 11 is 0. The first-order chi connectivity index (χ1) is 10.8. The number of unbranched alkanes of at least 4 members (excludes halogenated alkanes) is 1. The Morgan fingerprint density at radius 2 is 2.36 bits per heavy atom. The number of anilines is 1. The van der Waals surface area contributed by atoms with Gasteiger partial charge in [-0.15, -0.1) is 0 Å². The van der Waals surface area contributed by atoms with Crippen molar-refractivity contribution in [1.29, 1.82) is 0 Å². The van der Waals surface area contributed by atoms with Crippen LogP contribution >= 0.6 is 0 Å². The summed E-state index contributed by atoms with van der Waals surface area (Å²) in [6.07, 6.45) is 6.40. The summed E-state index contributed by atoms with van der Waals surface area (Å²) in [4.78, 5) is 19.4. The fourth-order valence-corrected chi connectivity index (χ4v) is 2.41. The van der Waals surface area contributed by atoms with E-state index in [1.165, 1.54) is 0 Å². The van der Waals surface area contributed by atoms with Gasteiger partial charge in [-0.05, 0) is 24.6 Å². The van der Waals surface area contributed by atoms with Crippen LogP contribution in [-0.4, -0.2) is 28.6 Å². The molecule has 0 aliphatic carbocycles. The maximum absolute atomic E-state index is 11.8. The number of H-pyrrole nitrogens is 1. The Morgan fingerprint density at radius 1 is 1.45 bits per heavy atom. The lowest BCUT2D eigenvalue weighted by atomic mass is 10.1. The van der Waals surface area contributed by atoms with Crippen LogP contribution in [0.4, 0.5) is 5.82 Å². The lowest BCUT2D eigenvalue weighted by Crippen LogP contribution is -2.31. The Hall–Kier alpha value is -2.63. The highest BCUT2D eigenvalue weighted by Gasteiger charge is 2.19. The second-order valence-corrected chi connectivity index (χ2v) is 5.22. The minimum atomic E-state index is -0.0136. The highest BCUT2D eigenvalue weighted by atomic mass is 16.1. The van der Waals surface area contributed by atoms with Crippen LogP contribution in [0.3, 0.4) is 0 Å². The molecule has 0 saturated heterocycles. The van der Waals surface area contributed by atoms with Gasteiger partial charge in [-0.3, -0.25) is 10.2 Å². The molecule has 0 radical (unpaired) electrons. The molecule has 0 fully saturated rings. The van der Waals surface area contributed by atoms with E-state index in [4.69, 9.17) is 0 Å². The number of pyridine rings is 1. The van der Waals surface area contributed by atoms with E-state index in [2.05, 4.69) is 32.7 Å². The van der Waals surface area contributed by atoms with E-state index in [1.807, 2.05) is 24.4 Å². The van der Waals surface area contributed by atoms with Crippen molar-refractivity contribution >= 4 is 17.9 Å². The van der Waals surface area contributed by atoms with Gasteiger partial charge in [0.15, 0.2) is 0 Å². The van der Waals surface area contributed by atoms with E-state index in [-0.39, 0.29) is 5.91 Å². The first-order valence-corrected chi connectivity index (χ1v) is 7.52. The number of hydrogen-bond acceptors (Lipinski definition) is 4. The third-order valence-corrected chi connectivity index (χ3v) is 3.56. The van der Waals surface area contributed by atoms with Gasteiger partial charge in [0, 0.05) is 42.3 Å². The van der Waals surface area contributed by atoms with Crippen LogP contribution < -0.4 is 10.7 Å². The lowest BCUT2D eigenvalue weighted by Gasteiger charge is -2.10. The van der Waals surface area contributed by atoms with Gasteiger partial charge in [0.25, 0.3) is 5.91 Å². The Labute approximate surface area is 129 Å². The monoisotopic (exact) mass is 297 g/mol. The normalized spacial score (nSPS) is 14.0. The number of amides is 1. The highest BCUT2D eigenvalue weighted by Crippen LogP contribution is 2.25. The lowest BCUT2D eigenvalue weighted by molar-refractivity contribution is 0.0946. The first kappa shape index (κ1) is 14.3. The first-order valence-electron chi connectivity index (χ1n) is 7.52. The van der Waals surface area contributed by atoms with Crippen molar-refractivity contribution in [2.45, 2.75) is 26.2 Å². The molecule has 0 saturated carbocycles. The van der Waals surface area contributed by atoms with Gasteiger partial charge in [0.1, 0.15) is 5.82 Å². The van der Waals surface area contributed by atoms with Gasteiger partial charge >= 0.3 is 0 Å². The molecule has 0 aromatic carbocycles. The average molecular weight is 297 g/mol. The van der Waals surface area contributed by atoms with Crippen molar-refractivity contribution in [2.24, 2.45) is 5.10 Å². The predicted octanol–water partition coefficient (Wildman–Crippen LogP) is 2.56. The maximum Gasteiger partial charge on any atom is 0.253 e. The SMILES string of the molecule is CCC/C=N/Nc1cc(-c2cc3c([nH]2)CCNC3=O)ccn1. The molecule has 2 aromatic heterocycles. The second-order valence-electron chi connectivity index (χ2n) is 5.22. The number of carbonyl (C=O) groups is 1. The zero-order valence-corrected chi connectivity index (χ0v) is 12.5. The highest BCUT2D eigenvalue weighted by molar-refractivity contribution is 5.97. The molecule has 0 spiro atoms. The standard InChI is InChI=1S/C16H19N5O/c1-2-3-6-19-21-15-9-11(4-7-17-15)14-10-12-13(20-14)5-8-18-16(12)22/h4,6-7,9-10,20H,2-3,5,8H2,1H3,(H,17,21)(H,18,22)/b19-6+. The summed E-state index contributed by atoms with van der Waals surface area (Å²) in [6, 6.07) is 5.72. The van der Waals surface area contributed by atoms with Gasteiger partial charge in [-0.1, -0.05) is 13.3 Å². The molecule has 3 heterocycles. The molecule has 114 valence electrons. The second kappa shape index (κ2) is 6.43. The van der Waals surface area contributed by atoms with E-state index >= 15 is 0 Å². The summed E-state index contributed by atoms with van der Waals surface area (Å²) in [7, 11) is 0. The summed E-state index contributed by atoms with van der Waals surface area (Å²) in [5.41, 5.74) is 6.55. The Kier molecular flexibility index (Phi) is 4.18. The van der Waals surface area contributed by atoms with Crippen LogP contribution in [0.25, 0.3) is 11.3 Å². The number of aromatic amines is 1. The fraction of sp³-hybridized carbons (Fsp3) is 0.312. The Bertz CT molecular complexity index is 704. The van der Waals surface area contributed by atoms with Crippen molar-refractivity contribution in [1.82, 2.24) is 15.3 Å². The molecule has 1 aliphatic heterocycles. The number of aromatic nitrogens is 2. The summed E-state index contributed by atoms with van der Waals surface area (Å²) in [6.45, 7) is 2.79. The van der Waals surface area contributed by atoms with Crippen molar-refractivity contribution in [3.63, 3.8) is 0 Å². The van der Waals surface area contributed by atoms with E-state index in [1.54, 1.807) is 6.20 Å². The van der Waals surface area contributed by atoms with Crippen molar-refractivity contribution in [3.05, 3.63) is 35.7 Å². The number of nitrogens with zero attached hydrogens (tertiary/aromatic N) is 2. The number of hydrogen-bond donors (Lipinski definition) is 3. The van der Waals surface area contributed by atoms with Crippen LogP contribution in [0.15, 0.2) is 29.5 Å². The Balaban J connectivity index is 1.82. The smallest absolute Gasteiger partial charge is 0.253 e. The summed E-state index contributed by atoms with van der Waals surface area (Å²) in [5.74, 6) is 0.669. The van der Waals surface area contributed by atoms with Gasteiger partial charge in [0.05, 0.1) is 5.56 Å². The van der Waals surface area contributed by atoms with Crippen LogP contribution in [0.5, 0.6) is 0 Å². The van der Waals surface area contributed by atoms with E-state index in [0.29, 0.717) is 12.4 Å². The molecular weight excluding hydrogens is 278 g/mol. The number of rotatable bonds is 5. The fourth-order valence-electron chi connectivity index (χ4n) is 2.41. The van der Waals surface area contributed by atoms with Gasteiger partial charge < -0.3 is 10.3 Å². The molecule has 0 atom stereocenters. The molecule has 6 nitrogen and oxygen atoms in total. The zero-order chi connectivity index (χ0) is 15.4. The van der Waals surface area contributed by atoms with Crippen molar-refractivity contribution < 1.29 is 4.79 Å². The van der Waals surface area contributed by atoms with Crippen LogP contribution in [0.1, 0.15) is 35.8 Å². The van der Waals surface area contributed by atoms with Crippen molar-refractivity contribution in [3.8, 4) is 11.3 Å². The van der Waals surface area contributed by atoms with Crippen LogP contribution in [0, 0.1) is 0 Å². The van der Waals surface area contributed by atoms with E-state index in [9.17, 15) is 4.79 Å². The van der Waals surface area contributed by atoms with Crippen molar-refractivity contribution in [2.75, 3.05) is 12.0 Å². The molecular formula is C16H19N5O. The van der Waals surface area contributed by atoms with Gasteiger partial charge in [-0.25, -0.2) is 4.98 Å². The summed E-state index contributed by atoms with van der Waals surface area (Å²) < 4.78 is 0. The number of carbonyl (C=O) groups excluding carboxylic acids is 1. The number of fused-ring (bicyclic) bond motifs is 1. The molecule has 6 heteroatoms. The maximum atomic E-state index is 11.8. The van der Waals surface area contributed by atoms with Gasteiger partial charge in [-0.2, -0.15) is 5.10 Å². The number of nitrogens with one attached hydrogen (secondary N) is 3. The summed E-state index contributed by atoms with van der Waals surface area (Å²) in [5, 5.41) is 6.98. The molecule has 0 bridgehead atoms. The largest absolute Gasteiger partial charge is 0.358 e. The third-order valence-electron chi connectivity index (χ3n) is 3.56. The molecule has 1 aliphatic rings. The molecule has 22 heavy (non-hydrogen) atoms. The average Bonchev–Trinajstić information content (AvgIpc) is 2.98. The Morgan fingerprint density at radius 3 is 3.18 bits per heavy atom. The van der Waals surface area contributed by atoms with E-state index in [0.717, 1.165) is 41.8 Å². The van der Waals surface area contributed by atoms with Gasteiger partial charge in [0.2, 0.25) is 0 Å². The van der Waals surface area contributed by atoms with Crippen LogP contribution in [-0.2, 0) is 6.42 Å². The molecule has 3 N–H and O–H groups in total. The predicted molar refractivity (Wildman–Crippen MR) is 87.1 cm³/mol. The molecule has 0 unspecified atom stereocenters. The minimum absolute atomic E-state index is 0.0136. The zero-order valence-electron chi connectivity index (χ0n) is 12.5. The minimum Gasteiger partial charge on any atom is -0.358 e. The number of hydrazone groups is 1. The quantitative estimate of drug-likeness (QED) is 0.586. The molecule has 2 aromatic rings. The topological polar surface area (TPSA) is 82.2 Å². The third kappa shape index (κ3) is 3.00.